The second-order valence-electron chi connectivity index (χ2n) is 6.45. The van der Waals surface area contributed by atoms with Crippen molar-refractivity contribution >= 4 is 40.4 Å². The number of halogens is 2. The molecular formula is C21H16Cl2N4O2. The summed E-state index contributed by atoms with van der Waals surface area (Å²) in [5, 5.41) is 3.61. The van der Waals surface area contributed by atoms with Gasteiger partial charge in [0.1, 0.15) is 16.4 Å². The normalized spacial score (nSPS) is 10.9. The molecule has 0 bridgehead atoms. The summed E-state index contributed by atoms with van der Waals surface area (Å²) in [7, 11) is 0. The zero-order valence-electron chi connectivity index (χ0n) is 15.4. The van der Waals surface area contributed by atoms with E-state index in [4.69, 9.17) is 27.9 Å². The molecule has 0 aliphatic heterocycles. The number of aryl methyl sites for hydroxylation is 1. The van der Waals surface area contributed by atoms with Crippen LogP contribution in [0.2, 0.25) is 10.0 Å². The van der Waals surface area contributed by atoms with Gasteiger partial charge in [-0.05, 0) is 48.9 Å². The average Bonchev–Trinajstić information content (AvgIpc) is 3.09. The molecule has 0 saturated heterocycles. The third-order valence-electron chi connectivity index (χ3n) is 4.20. The molecule has 3 aromatic heterocycles. The van der Waals surface area contributed by atoms with Crippen molar-refractivity contribution in [2.24, 2.45) is 0 Å². The minimum absolute atomic E-state index is 0.151. The van der Waals surface area contributed by atoms with Gasteiger partial charge < -0.3 is 14.5 Å². The maximum Gasteiger partial charge on any atom is 0.238 e. The molecule has 1 amide bonds. The summed E-state index contributed by atoms with van der Waals surface area (Å²) in [6, 6.07) is 12.4. The van der Waals surface area contributed by atoms with E-state index in [1.807, 2.05) is 35.9 Å². The van der Waals surface area contributed by atoms with Crippen LogP contribution in [0.25, 0.3) is 5.65 Å². The first-order valence-electron chi connectivity index (χ1n) is 8.80. The van der Waals surface area contributed by atoms with Gasteiger partial charge in [0, 0.05) is 24.3 Å². The highest BCUT2D eigenvalue weighted by Crippen LogP contribution is 2.29. The van der Waals surface area contributed by atoms with Gasteiger partial charge in [-0.25, -0.2) is 9.97 Å². The Morgan fingerprint density at radius 3 is 2.72 bits per heavy atom. The second-order valence-corrected chi connectivity index (χ2v) is 7.29. The lowest BCUT2D eigenvalue weighted by Gasteiger charge is -2.08. The summed E-state index contributed by atoms with van der Waals surface area (Å²) in [6.07, 6.45) is 5.42. The number of nitrogens with zero attached hydrogens (tertiary/aromatic N) is 3. The minimum Gasteiger partial charge on any atom is -0.438 e. The fourth-order valence-electron chi connectivity index (χ4n) is 2.85. The Bertz CT molecular complexity index is 1190. The van der Waals surface area contributed by atoms with E-state index < -0.39 is 0 Å². The maximum atomic E-state index is 12.4. The molecule has 0 aliphatic rings. The number of imidazole rings is 1. The average molecular weight is 427 g/mol. The van der Waals surface area contributed by atoms with Gasteiger partial charge in [-0.15, -0.1) is 0 Å². The summed E-state index contributed by atoms with van der Waals surface area (Å²) in [5.41, 5.74) is 3.27. The van der Waals surface area contributed by atoms with E-state index in [1.54, 1.807) is 30.3 Å². The minimum atomic E-state index is -0.151. The van der Waals surface area contributed by atoms with Crippen LogP contribution in [0.3, 0.4) is 0 Å². The van der Waals surface area contributed by atoms with Crippen molar-refractivity contribution in [2.45, 2.75) is 13.3 Å². The van der Waals surface area contributed by atoms with Crippen molar-refractivity contribution in [1.29, 1.82) is 0 Å². The molecule has 1 aromatic carbocycles. The summed E-state index contributed by atoms with van der Waals surface area (Å²) in [6.45, 7) is 1.99. The first kappa shape index (κ1) is 19.2. The molecular weight excluding hydrogens is 411 g/mol. The summed E-state index contributed by atoms with van der Waals surface area (Å²) in [5.74, 6) is 0.646. The van der Waals surface area contributed by atoms with Crippen LogP contribution < -0.4 is 10.1 Å². The molecule has 4 rings (SSSR count). The molecule has 3 heterocycles. The molecule has 0 radical (unpaired) electrons. The standard InChI is InChI=1S/C21H16Cl2N4O2/c1-13-3-2-8-27-12-16(26-20(13)27)10-19(28)25-15-4-6-17(7-5-15)29-21-18(23)9-14(22)11-24-21/h2-9,11-12H,10H2,1H3,(H,25,28). The second kappa shape index (κ2) is 8.11. The van der Waals surface area contributed by atoms with Crippen molar-refractivity contribution in [3.8, 4) is 11.6 Å². The SMILES string of the molecule is Cc1cccn2cc(CC(=O)Nc3ccc(Oc4ncc(Cl)cc4Cl)cc3)nc12. The largest absolute Gasteiger partial charge is 0.438 e. The Morgan fingerprint density at radius 2 is 2.00 bits per heavy atom. The zero-order chi connectivity index (χ0) is 20.4. The van der Waals surface area contributed by atoms with Gasteiger partial charge in [0.05, 0.1) is 17.1 Å². The highest BCUT2D eigenvalue weighted by molar-refractivity contribution is 6.35. The number of benzene rings is 1. The number of rotatable bonds is 5. The number of hydrogen-bond donors (Lipinski definition) is 1. The number of anilines is 1. The number of carbonyl (C=O) groups excluding carboxylic acids is 1. The fraction of sp³-hybridized carbons (Fsp3) is 0.0952. The molecule has 0 saturated carbocycles. The Kier molecular flexibility index (Phi) is 5.38. The smallest absolute Gasteiger partial charge is 0.238 e. The van der Waals surface area contributed by atoms with Gasteiger partial charge in [0.2, 0.25) is 11.8 Å². The van der Waals surface area contributed by atoms with Crippen molar-refractivity contribution < 1.29 is 9.53 Å². The highest BCUT2D eigenvalue weighted by Gasteiger charge is 2.10. The quantitative estimate of drug-likeness (QED) is 0.468. The molecule has 0 atom stereocenters. The van der Waals surface area contributed by atoms with E-state index in [2.05, 4.69) is 15.3 Å². The number of aromatic nitrogens is 3. The van der Waals surface area contributed by atoms with Crippen LogP contribution in [0.5, 0.6) is 11.6 Å². The molecule has 0 aliphatic carbocycles. The predicted octanol–water partition coefficient (Wildman–Crippen LogP) is 5.32. The van der Waals surface area contributed by atoms with Gasteiger partial charge in [-0.1, -0.05) is 29.3 Å². The number of amides is 1. The van der Waals surface area contributed by atoms with Gasteiger partial charge in [-0.3, -0.25) is 4.79 Å². The van der Waals surface area contributed by atoms with E-state index in [1.165, 1.54) is 6.20 Å². The first-order chi connectivity index (χ1) is 14.0. The summed E-state index contributed by atoms with van der Waals surface area (Å²) >= 11 is 11.9. The number of hydrogen-bond acceptors (Lipinski definition) is 4. The molecule has 0 fully saturated rings. The lowest BCUT2D eigenvalue weighted by molar-refractivity contribution is -0.115. The van der Waals surface area contributed by atoms with Crippen LogP contribution in [0.15, 0.2) is 61.1 Å². The van der Waals surface area contributed by atoms with Gasteiger partial charge in [-0.2, -0.15) is 0 Å². The molecule has 4 aromatic rings. The number of nitrogens with one attached hydrogen (secondary N) is 1. The lowest BCUT2D eigenvalue weighted by Crippen LogP contribution is -2.14. The lowest BCUT2D eigenvalue weighted by atomic mass is 10.2. The Morgan fingerprint density at radius 1 is 1.21 bits per heavy atom. The van der Waals surface area contributed by atoms with Crippen LogP contribution >= 0.6 is 23.2 Å². The zero-order valence-corrected chi connectivity index (χ0v) is 16.9. The van der Waals surface area contributed by atoms with Crippen LogP contribution in [-0.4, -0.2) is 20.3 Å². The Labute approximate surface area is 177 Å². The number of pyridine rings is 2. The Hall–Kier alpha value is -3.09. The molecule has 8 heteroatoms. The molecule has 6 nitrogen and oxygen atoms in total. The summed E-state index contributed by atoms with van der Waals surface area (Å²) in [4.78, 5) is 20.9. The van der Waals surface area contributed by atoms with E-state index >= 15 is 0 Å². The van der Waals surface area contributed by atoms with E-state index in [-0.39, 0.29) is 18.2 Å². The molecule has 146 valence electrons. The molecule has 0 unspecified atom stereocenters. The van der Waals surface area contributed by atoms with E-state index in [0.29, 0.717) is 27.2 Å². The van der Waals surface area contributed by atoms with Crippen LogP contribution in [0, 0.1) is 6.92 Å². The highest BCUT2D eigenvalue weighted by atomic mass is 35.5. The molecule has 0 spiro atoms. The summed E-state index contributed by atoms with van der Waals surface area (Å²) < 4.78 is 7.55. The van der Waals surface area contributed by atoms with E-state index in [0.717, 1.165) is 11.2 Å². The van der Waals surface area contributed by atoms with Crippen molar-refractivity contribution in [2.75, 3.05) is 5.32 Å². The van der Waals surface area contributed by atoms with Gasteiger partial charge in [0.15, 0.2) is 0 Å². The van der Waals surface area contributed by atoms with Crippen LogP contribution in [-0.2, 0) is 11.2 Å². The van der Waals surface area contributed by atoms with Crippen molar-refractivity contribution in [3.05, 3.63) is 82.4 Å². The van der Waals surface area contributed by atoms with Crippen molar-refractivity contribution in [1.82, 2.24) is 14.4 Å². The number of ether oxygens (including phenoxy) is 1. The van der Waals surface area contributed by atoms with Crippen LogP contribution in [0.4, 0.5) is 5.69 Å². The topological polar surface area (TPSA) is 68.5 Å². The number of fused-ring (bicyclic) bond motifs is 1. The van der Waals surface area contributed by atoms with Crippen molar-refractivity contribution in [3.63, 3.8) is 0 Å². The monoisotopic (exact) mass is 426 g/mol. The van der Waals surface area contributed by atoms with Gasteiger partial charge >= 0.3 is 0 Å². The maximum absolute atomic E-state index is 12.4. The third-order valence-corrected chi connectivity index (χ3v) is 4.67. The van der Waals surface area contributed by atoms with Gasteiger partial charge in [0.25, 0.3) is 0 Å². The van der Waals surface area contributed by atoms with E-state index in [9.17, 15) is 4.79 Å². The predicted molar refractivity (Wildman–Crippen MR) is 113 cm³/mol. The fourth-order valence-corrected chi connectivity index (χ4v) is 3.27. The molecule has 29 heavy (non-hydrogen) atoms. The first-order valence-corrected chi connectivity index (χ1v) is 9.55. The third kappa shape index (κ3) is 4.50. The number of carbonyl (C=O) groups is 1. The van der Waals surface area contributed by atoms with Crippen LogP contribution in [0.1, 0.15) is 11.3 Å². The molecule has 1 N–H and O–H groups in total. The Balaban J connectivity index is 1.40.